The number of rotatable bonds is 6. The molecule has 0 rings (SSSR count). The molecule has 0 aromatic rings. The largest absolute Gasteiger partial charge is 0.520 e. The summed E-state index contributed by atoms with van der Waals surface area (Å²) >= 11 is 0. The van der Waals surface area contributed by atoms with Gasteiger partial charge in [0.25, 0.3) is 14.7 Å². The molecule has 15 heavy (non-hydrogen) atoms. The number of Topliss-reactive ketones (excluding diaryl/α,β-unsaturated/α-hetero) is 1. The molecule has 0 aliphatic carbocycles. The van der Waals surface area contributed by atoms with Crippen LogP contribution in [0.2, 0.25) is 31.7 Å². The first-order valence-electron chi connectivity index (χ1n) is 5.00. The summed E-state index contributed by atoms with van der Waals surface area (Å²) < 4.78 is 16.2. The van der Waals surface area contributed by atoms with Crippen molar-refractivity contribution in [1.29, 1.82) is 0 Å². The van der Waals surface area contributed by atoms with E-state index in [1.807, 2.05) is 19.6 Å². The predicted octanol–water partition coefficient (Wildman–Crippen LogP) is 1.77. The Kier molecular flexibility index (Phi) is 5.81. The van der Waals surface area contributed by atoms with Crippen molar-refractivity contribution in [1.82, 2.24) is 0 Å². The smallest absolute Gasteiger partial charge is 0.299 e. The van der Waals surface area contributed by atoms with E-state index in [4.69, 9.17) is 4.43 Å². The maximum atomic E-state index is 11.2. The SMILES string of the molecule is CC[Si](=O)CC(=O)CC(=O)O[Si](C)(C)C. The van der Waals surface area contributed by atoms with E-state index in [1.165, 1.54) is 0 Å². The van der Waals surface area contributed by atoms with Crippen LogP contribution in [0.4, 0.5) is 0 Å². The van der Waals surface area contributed by atoms with Crippen LogP contribution in [0.1, 0.15) is 13.3 Å². The van der Waals surface area contributed by atoms with Crippen LogP contribution in [0.15, 0.2) is 0 Å². The van der Waals surface area contributed by atoms with Gasteiger partial charge in [-0.15, -0.1) is 0 Å². The fourth-order valence-corrected chi connectivity index (χ4v) is 2.52. The van der Waals surface area contributed by atoms with E-state index < -0.39 is 23.0 Å². The molecule has 86 valence electrons. The Morgan fingerprint density at radius 2 is 1.80 bits per heavy atom. The van der Waals surface area contributed by atoms with Gasteiger partial charge in [-0.1, -0.05) is 6.92 Å². The van der Waals surface area contributed by atoms with E-state index >= 15 is 0 Å². The molecule has 0 aromatic heterocycles. The minimum atomic E-state index is -1.91. The Balaban J connectivity index is 3.98. The summed E-state index contributed by atoms with van der Waals surface area (Å²) in [5, 5.41) is 0. The molecule has 0 atom stereocenters. The van der Waals surface area contributed by atoms with Gasteiger partial charge >= 0.3 is 0 Å². The highest BCUT2D eigenvalue weighted by Crippen LogP contribution is 2.06. The average molecular weight is 246 g/mol. The molecule has 0 aliphatic rings. The van der Waals surface area contributed by atoms with E-state index in [0.717, 1.165) is 0 Å². The maximum absolute atomic E-state index is 11.2. The second-order valence-corrected chi connectivity index (χ2v) is 10.9. The number of ketones is 1. The summed E-state index contributed by atoms with van der Waals surface area (Å²) in [5.41, 5.74) is 0. The Morgan fingerprint density at radius 3 is 2.20 bits per heavy atom. The van der Waals surface area contributed by atoms with E-state index in [0.29, 0.717) is 6.04 Å². The Labute approximate surface area is 92.8 Å². The van der Waals surface area contributed by atoms with Crippen molar-refractivity contribution in [2.45, 2.75) is 45.1 Å². The Hall–Kier alpha value is -0.626. The first-order chi connectivity index (χ1) is 6.74. The summed E-state index contributed by atoms with van der Waals surface area (Å²) in [6.45, 7) is 7.41. The molecule has 0 aromatic carbocycles. The fraction of sp³-hybridized carbons (Fsp3) is 0.778. The molecular formula is C9H18O4Si2. The van der Waals surface area contributed by atoms with Gasteiger partial charge in [0.05, 0.1) is 6.04 Å². The normalized spacial score (nSPS) is 10.9. The van der Waals surface area contributed by atoms with Crippen molar-refractivity contribution in [3.05, 3.63) is 0 Å². The zero-order valence-electron chi connectivity index (χ0n) is 9.75. The van der Waals surface area contributed by atoms with Crippen molar-refractivity contribution in [2.75, 3.05) is 0 Å². The molecule has 0 spiro atoms. The molecule has 6 heteroatoms. The lowest BCUT2D eigenvalue weighted by Crippen LogP contribution is -2.30. The third-order valence-electron chi connectivity index (χ3n) is 1.55. The molecule has 0 saturated carbocycles. The summed E-state index contributed by atoms with van der Waals surface area (Å²) in [6.07, 6.45) is -0.235. The summed E-state index contributed by atoms with van der Waals surface area (Å²) in [5.74, 6) is -0.756. The number of carbonyl (C=O) groups excluding carboxylic acids is 2. The van der Waals surface area contributed by atoms with Gasteiger partial charge in [0, 0.05) is 0 Å². The molecule has 0 saturated heterocycles. The van der Waals surface area contributed by atoms with Gasteiger partial charge in [0.15, 0.2) is 0 Å². The lowest BCUT2D eigenvalue weighted by Gasteiger charge is -2.16. The summed E-state index contributed by atoms with van der Waals surface area (Å²) in [7, 11) is -3.72. The highest BCUT2D eigenvalue weighted by atomic mass is 28.4. The fourth-order valence-electron chi connectivity index (χ4n) is 0.946. The molecule has 0 bridgehead atoms. The first kappa shape index (κ1) is 14.4. The van der Waals surface area contributed by atoms with Crippen molar-refractivity contribution >= 4 is 28.8 Å². The Bertz CT molecular complexity index is 268. The Morgan fingerprint density at radius 1 is 1.27 bits per heavy atom. The molecule has 0 amide bonds. The third kappa shape index (κ3) is 8.37. The van der Waals surface area contributed by atoms with Crippen LogP contribution in [0, 0.1) is 0 Å². The zero-order chi connectivity index (χ0) is 12.1. The van der Waals surface area contributed by atoms with Crippen molar-refractivity contribution in [2.24, 2.45) is 0 Å². The molecule has 0 heterocycles. The molecule has 0 unspecified atom stereocenters. The zero-order valence-corrected chi connectivity index (χ0v) is 11.8. The number of hydrogen-bond acceptors (Lipinski definition) is 4. The van der Waals surface area contributed by atoms with Crippen molar-refractivity contribution < 1.29 is 18.5 Å². The molecule has 0 radical (unpaired) electrons. The second kappa shape index (κ2) is 6.07. The average Bonchev–Trinajstić information content (AvgIpc) is 1.99. The van der Waals surface area contributed by atoms with Gasteiger partial charge < -0.3 is 8.89 Å². The van der Waals surface area contributed by atoms with Gasteiger partial charge in [-0.25, -0.2) is 0 Å². The van der Waals surface area contributed by atoms with Crippen LogP contribution < -0.4 is 0 Å². The minimum Gasteiger partial charge on any atom is -0.520 e. The molecular weight excluding hydrogens is 228 g/mol. The van der Waals surface area contributed by atoms with Gasteiger partial charge in [-0.05, 0) is 25.7 Å². The van der Waals surface area contributed by atoms with E-state index in [2.05, 4.69) is 0 Å². The van der Waals surface area contributed by atoms with E-state index in [9.17, 15) is 14.1 Å². The first-order valence-corrected chi connectivity index (χ1v) is 10.2. The van der Waals surface area contributed by atoms with Crippen LogP contribution in [0.25, 0.3) is 0 Å². The van der Waals surface area contributed by atoms with Crippen LogP contribution in [0.3, 0.4) is 0 Å². The van der Waals surface area contributed by atoms with Gasteiger partial charge in [-0.3, -0.25) is 9.59 Å². The van der Waals surface area contributed by atoms with Crippen molar-refractivity contribution in [3.8, 4) is 0 Å². The van der Waals surface area contributed by atoms with E-state index in [1.54, 1.807) is 6.92 Å². The molecule has 0 fully saturated rings. The van der Waals surface area contributed by atoms with E-state index in [-0.39, 0.29) is 18.2 Å². The number of hydrogen-bond donors (Lipinski definition) is 0. The van der Waals surface area contributed by atoms with Crippen LogP contribution >= 0.6 is 0 Å². The predicted molar refractivity (Wildman–Crippen MR) is 60.8 cm³/mol. The van der Waals surface area contributed by atoms with Gasteiger partial charge in [0.2, 0.25) is 8.32 Å². The topological polar surface area (TPSA) is 60.4 Å². The lowest BCUT2D eigenvalue weighted by atomic mass is 10.3. The monoisotopic (exact) mass is 246 g/mol. The maximum Gasteiger partial charge on any atom is 0.299 e. The highest BCUT2D eigenvalue weighted by Gasteiger charge is 2.22. The van der Waals surface area contributed by atoms with Crippen LogP contribution in [-0.4, -0.2) is 28.8 Å². The molecule has 4 nitrogen and oxygen atoms in total. The van der Waals surface area contributed by atoms with Crippen molar-refractivity contribution in [3.63, 3.8) is 0 Å². The molecule has 0 N–H and O–H groups in total. The van der Waals surface area contributed by atoms with Gasteiger partial charge in [-0.2, -0.15) is 0 Å². The van der Waals surface area contributed by atoms with Crippen LogP contribution in [0.5, 0.6) is 0 Å². The summed E-state index contributed by atoms with van der Waals surface area (Å²) in [6, 6.07) is 0.543. The minimum absolute atomic E-state index is 0.0297. The van der Waals surface area contributed by atoms with Gasteiger partial charge in [0.1, 0.15) is 12.2 Å². The summed E-state index contributed by atoms with van der Waals surface area (Å²) in [4.78, 5) is 22.5. The quantitative estimate of drug-likeness (QED) is 0.529. The molecule has 0 aliphatic heterocycles. The third-order valence-corrected chi connectivity index (χ3v) is 3.97. The van der Waals surface area contributed by atoms with Crippen LogP contribution in [-0.2, 0) is 18.5 Å². The highest BCUT2D eigenvalue weighted by molar-refractivity contribution is 6.71. The standard InChI is InChI=1S/C9H18O4Si2/c1-5-14(12)7-8(10)6-9(11)13-15(2,3)4/h5-7H2,1-4H3. The second-order valence-electron chi connectivity index (χ2n) is 4.37. The lowest BCUT2D eigenvalue weighted by molar-refractivity contribution is -0.138. The number of carbonyl (C=O) groups is 2.